The Morgan fingerprint density at radius 3 is 2.69 bits per heavy atom. The number of methoxy groups -OCH3 is 1. The Morgan fingerprint density at radius 2 is 2.15 bits per heavy atom. The van der Waals surface area contributed by atoms with Crippen molar-refractivity contribution in [3.63, 3.8) is 0 Å². The van der Waals surface area contributed by atoms with Crippen LogP contribution in [0.2, 0.25) is 0 Å². The van der Waals surface area contributed by atoms with Crippen molar-refractivity contribution in [2.24, 2.45) is 0 Å². The molecule has 0 heterocycles. The van der Waals surface area contributed by atoms with Gasteiger partial charge in [0.15, 0.2) is 6.29 Å². The zero-order valence-electron chi connectivity index (χ0n) is 7.53. The van der Waals surface area contributed by atoms with E-state index < -0.39 is 5.78 Å². The molecule has 1 aromatic carbocycles. The molecule has 0 aliphatic heterocycles. The second-order valence-corrected chi connectivity index (χ2v) is 2.69. The lowest BCUT2D eigenvalue weighted by Gasteiger charge is -2.04. The number of rotatable bonds is 3. The third-order valence-electron chi connectivity index (χ3n) is 1.73. The molecule has 3 heteroatoms. The number of aryl methyl sites for hydroxylation is 1. The van der Waals surface area contributed by atoms with Crippen LogP contribution in [-0.4, -0.2) is 19.2 Å². The highest BCUT2D eigenvalue weighted by Crippen LogP contribution is 2.19. The summed E-state index contributed by atoms with van der Waals surface area (Å²) >= 11 is 0. The summed E-state index contributed by atoms with van der Waals surface area (Å²) in [6.07, 6.45) is 0.289. The molecule has 3 nitrogen and oxygen atoms in total. The van der Waals surface area contributed by atoms with Crippen LogP contribution in [0.4, 0.5) is 0 Å². The Bertz CT molecular complexity index is 342. The Kier molecular flexibility index (Phi) is 2.80. The van der Waals surface area contributed by atoms with Crippen molar-refractivity contribution in [3.8, 4) is 5.75 Å². The van der Waals surface area contributed by atoms with Gasteiger partial charge in [-0.05, 0) is 19.1 Å². The van der Waals surface area contributed by atoms with Crippen LogP contribution in [0.15, 0.2) is 18.2 Å². The van der Waals surface area contributed by atoms with Crippen molar-refractivity contribution in [3.05, 3.63) is 29.3 Å². The summed E-state index contributed by atoms with van der Waals surface area (Å²) in [5, 5.41) is 0. The molecule has 13 heavy (non-hydrogen) atoms. The molecular formula is C10H10O3. The highest BCUT2D eigenvalue weighted by atomic mass is 16.5. The SMILES string of the molecule is COc1ccc(C)cc1C(=O)C=O. The highest BCUT2D eigenvalue weighted by Gasteiger charge is 2.10. The quantitative estimate of drug-likeness (QED) is 0.399. The van der Waals surface area contributed by atoms with Crippen molar-refractivity contribution in [1.82, 2.24) is 0 Å². The van der Waals surface area contributed by atoms with Crippen molar-refractivity contribution < 1.29 is 14.3 Å². The number of ether oxygens (including phenoxy) is 1. The minimum Gasteiger partial charge on any atom is -0.496 e. The molecule has 0 saturated heterocycles. The maximum absolute atomic E-state index is 11.1. The molecule has 0 aromatic heterocycles. The summed E-state index contributed by atoms with van der Waals surface area (Å²) in [6, 6.07) is 5.13. The Labute approximate surface area is 76.3 Å². The van der Waals surface area contributed by atoms with Gasteiger partial charge in [0.2, 0.25) is 5.78 Å². The summed E-state index contributed by atoms with van der Waals surface area (Å²) in [4.78, 5) is 21.4. The molecule has 0 fully saturated rings. The first-order valence-electron chi connectivity index (χ1n) is 3.83. The van der Waals surface area contributed by atoms with Gasteiger partial charge in [-0.25, -0.2) is 0 Å². The van der Waals surface area contributed by atoms with Crippen molar-refractivity contribution >= 4 is 12.1 Å². The van der Waals surface area contributed by atoms with E-state index in [1.807, 2.05) is 13.0 Å². The lowest BCUT2D eigenvalue weighted by molar-refractivity contribution is -0.104. The van der Waals surface area contributed by atoms with Crippen molar-refractivity contribution in [1.29, 1.82) is 0 Å². The minimum atomic E-state index is -0.555. The van der Waals surface area contributed by atoms with Crippen LogP contribution in [0, 0.1) is 6.92 Å². The number of carbonyl (C=O) groups excluding carboxylic acids is 2. The molecule has 0 atom stereocenters. The maximum atomic E-state index is 11.1. The number of hydrogen-bond acceptors (Lipinski definition) is 3. The number of hydrogen-bond donors (Lipinski definition) is 0. The number of ketones is 1. The molecule has 0 amide bonds. The van der Waals surface area contributed by atoms with Gasteiger partial charge in [-0.15, -0.1) is 0 Å². The van der Waals surface area contributed by atoms with E-state index in [1.165, 1.54) is 7.11 Å². The average Bonchev–Trinajstić information content (AvgIpc) is 2.16. The largest absolute Gasteiger partial charge is 0.496 e. The molecule has 0 unspecified atom stereocenters. The fraction of sp³-hybridized carbons (Fsp3) is 0.200. The van der Waals surface area contributed by atoms with Gasteiger partial charge in [-0.2, -0.15) is 0 Å². The lowest BCUT2D eigenvalue weighted by Crippen LogP contribution is -2.03. The van der Waals surface area contributed by atoms with E-state index in [1.54, 1.807) is 12.1 Å². The number of carbonyl (C=O) groups is 2. The van der Waals surface area contributed by atoms with Crippen molar-refractivity contribution in [2.45, 2.75) is 6.92 Å². The summed E-state index contributed by atoms with van der Waals surface area (Å²) in [7, 11) is 1.46. The van der Waals surface area contributed by atoms with Gasteiger partial charge >= 0.3 is 0 Å². The van der Waals surface area contributed by atoms with Crippen LogP contribution in [0.25, 0.3) is 0 Å². The third kappa shape index (κ3) is 1.93. The van der Waals surface area contributed by atoms with Crippen LogP contribution < -0.4 is 4.74 Å². The second-order valence-electron chi connectivity index (χ2n) is 2.69. The first kappa shape index (κ1) is 9.45. The van der Waals surface area contributed by atoms with E-state index in [0.29, 0.717) is 11.3 Å². The van der Waals surface area contributed by atoms with Crippen molar-refractivity contribution in [2.75, 3.05) is 7.11 Å². The first-order chi connectivity index (χ1) is 6.19. The van der Waals surface area contributed by atoms with Crippen LogP contribution in [0.1, 0.15) is 15.9 Å². The molecular weight excluding hydrogens is 168 g/mol. The Balaban J connectivity index is 3.23. The fourth-order valence-electron chi connectivity index (χ4n) is 1.08. The Morgan fingerprint density at radius 1 is 1.46 bits per heavy atom. The number of Topliss-reactive ketones (excluding diaryl/α,β-unsaturated/α-hetero) is 1. The molecule has 0 N–H and O–H groups in total. The molecule has 1 rings (SSSR count). The summed E-state index contributed by atoms with van der Waals surface area (Å²) in [6.45, 7) is 1.85. The molecule has 0 radical (unpaired) electrons. The fourth-order valence-corrected chi connectivity index (χ4v) is 1.08. The monoisotopic (exact) mass is 178 g/mol. The zero-order chi connectivity index (χ0) is 9.84. The average molecular weight is 178 g/mol. The summed E-state index contributed by atoms with van der Waals surface area (Å²) in [5.74, 6) is -0.122. The number of benzene rings is 1. The van der Waals surface area contributed by atoms with Crippen LogP contribution in [0.3, 0.4) is 0 Å². The third-order valence-corrected chi connectivity index (χ3v) is 1.73. The highest BCUT2D eigenvalue weighted by molar-refractivity contribution is 6.34. The minimum absolute atomic E-state index is 0.289. The molecule has 0 aliphatic rings. The van der Waals surface area contributed by atoms with E-state index in [9.17, 15) is 9.59 Å². The predicted molar refractivity (Wildman–Crippen MR) is 48.1 cm³/mol. The normalized spacial score (nSPS) is 9.38. The van der Waals surface area contributed by atoms with Gasteiger partial charge in [-0.3, -0.25) is 9.59 Å². The maximum Gasteiger partial charge on any atom is 0.229 e. The van der Waals surface area contributed by atoms with Gasteiger partial charge in [0.25, 0.3) is 0 Å². The molecule has 0 saturated carbocycles. The Hall–Kier alpha value is -1.64. The van der Waals surface area contributed by atoms with E-state index in [2.05, 4.69) is 0 Å². The molecule has 0 aliphatic carbocycles. The van der Waals surface area contributed by atoms with Gasteiger partial charge in [0.05, 0.1) is 12.7 Å². The van der Waals surface area contributed by atoms with Gasteiger partial charge in [-0.1, -0.05) is 11.6 Å². The summed E-state index contributed by atoms with van der Waals surface area (Å²) in [5.41, 5.74) is 1.24. The predicted octanol–water partition coefficient (Wildman–Crippen LogP) is 1.39. The standard InChI is InChI=1S/C10H10O3/c1-7-3-4-10(13-2)8(5-7)9(12)6-11/h3-6H,1-2H3. The smallest absolute Gasteiger partial charge is 0.229 e. The lowest BCUT2D eigenvalue weighted by atomic mass is 10.1. The van der Waals surface area contributed by atoms with E-state index >= 15 is 0 Å². The van der Waals surface area contributed by atoms with E-state index in [-0.39, 0.29) is 6.29 Å². The van der Waals surface area contributed by atoms with E-state index in [0.717, 1.165) is 5.56 Å². The molecule has 68 valence electrons. The van der Waals surface area contributed by atoms with Gasteiger partial charge in [0.1, 0.15) is 5.75 Å². The molecule has 1 aromatic rings. The van der Waals surface area contributed by atoms with Gasteiger partial charge in [0, 0.05) is 0 Å². The van der Waals surface area contributed by atoms with Crippen LogP contribution in [-0.2, 0) is 4.79 Å². The number of aldehydes is 1. The summed E-state index contributed by atoms with van der Waals surface area (Å²) < 4.78 is 4.94. The van der Waals surface area contributed by atoms with Crippen LogP contribution in [0.5, 0.6) is 5.75 Å². The molecule has 0 bridgehead atoms. The van der Waals surface area contributed by atoms with E-state index in [4.69, 9.17) is 4.74 Å². The van der Waals surface area contributed by atoms with Gasteiger partial charge < -0.3 is 4.74 Å². The van der Waals surface area contributed by atoms with Crippen LogP contribution >= 0.6 is 0 Å². The molecule has 0 spiro atoms. The topological polar surface area (TPSA) is 43.4 Å². The zero-order valence-corrected chi connectivity index (χ0v) is 7.53. The first-order valence-corrected chi connectivity index (χ1v) is 3.83. The second kappa shape index (κ2) is 3.85.